The van der Waals surface area contributed by atoms with Crippen LogP contribution >= 0.6 is 0 Å². The van der Waals surface area contributed by atoms with Crippen molar-refractivity contribution < 1.29 is 18.1 Å². The van der Waals surface area contributed by atoms with Gasteiger partial charge in [0.2, 0.25) is 0 Å². The smallest absolute Gasteiger partial charge is 0.188 e. The number of rotatable bonds is 4. The highest BCUT2D eigenvalue weighted by atomic mass is 19.1. The first kappa shape index (κ1) is 16.8. The van der Waals surface area contributed by atoms with Crippen LogP contribution in [-0.2, 0) is 0 Å². The van der Waals surface area contributed by atoms with Gasteiger partial charge in [-0.2, -0.15) is 0 Å². The van der Waals surface area contributed by atoms with E-state index in [9.17, 15) is 13.6 Å². The van der Waals surface area contributed by atoms with Crippen LogP contribution in [0.25, 0.3) is 11.9 Å². The third-order valence-corrected chi connectivity index (χ3v) is 3.93. The Balaban J connectivity index is 1.90. The van der Waals surface area contributed by atoms with Crippen LogP contribution in [0.1, 0.15) is 33.1 Å². The summed E-state index contributed by atoms with van der Waals surface area (Å²) in [5.41, 5.74) is 2.42. The van der Waals surface area contributed by atoms with Gasteiger partial charge in [0, 0.05) is 23.5 Å². The first-order chi connectivity index (χ1) is 11.9. The molecule has 0 aliphatic heterocycles. The predicted molar refractivity (Wildman–Crippen MR) is 89.8 cm³/mol. The molecule has 2 aromatic heterocycles. The van der Waals surface area contributed by atoms with Crippen LogP contribution in [0.15, 0.2) is 40.9 Å². The Morgan fingerprint density at radius 1 is 1.16 bits per heavy atom. The summed E-state index contributed by atoms with van der Waals surface area (Å²) in [6, 6.07) is 6.60. The number of halogens is 2. The number of aryl methyl sites for hydroxylation is 2. The van der Waals surface area contributed by atoms with Gasteiger partial charge in [0.1, 0.15) is 17.4 Å². The summed E-state index contributed by atoms with van der Waals surface area (Å²) in [7, 11) is 0. The Bertz CT molecular complexity index is 983. The molecular weight excluding hydrogens is 326 g/mol. The Labute approximate surface area is 143 Å². The van der Waals surface area contributed by atoms with Crippen molar-refractivity contribution in [3.63, 3.8) is 0 Å². The number of benzene rings is 1. The van der Waals surface area contributed by atoms with E-state index in [1.54, 1.807) is 13.0 Å². The SMILES string of the molecule is Cc1cc(-n2c(C)cc(/C=C/C(=O)c3ccc(F)cc3F)c2C)no1. The van der Waals surface area contributed by atoms with Crippen molar-refractivity contribution in [1.29, 1.82) is 0 Å². The normalized spacial score (nSPS) is 11.4. The van der Waals surface area contributed by atoms with Crippen molar-refractivity contribution in [2.45, 2.75) is 20.8 Å². The molecule has 0 aliphatic rings. The van der Waals surface area contributed by atoms with Crippen molar-refractivity contribution in [1.82, 2.24) is 9.72 Å². The van der Waals surface area contributed by atoms with Crippen LogP contribution < -0.4 is 0 Å². The first-order valence-corrected chi connectivity index (χ1v) is 7.67. The average Bonchev–Trinajstić information content (AvgIpc) is 3.08. The summed E-state index contributed by atoms with van der Waals surface area (Å²) >= 11 is 0. The molecule has 0 fully saturated rings. The van der Waals surface area contributed by atoms with Crippen molar-refractivity contribution in [2.24, 2.45) is 0 Å². The Morgan fingerprint density at radius 2 is 1.92 bits per heavy atom. The Morgan fingerprint density at radius 3 is 2.56 bits per heavy atom. The predicted octanol–water partition coefficient (Wildman–Crippen LogP) is 4.56. The van der Waals surface area contributed by atoms with E-state index < -0.39 is 17.4 Å². The minimum absolute atomic E-state index is 0.168. The molecule has 0 spiro atoms. The molecular formula is C19H16F2N2O2. The lowest BCUT2D eigenvalue weighted by molar-refractivity contribution is 0.104. The van der Waals surface area contributed by atoms with Crippen LogP contribution in [0.2, 0.25) is 0 Å². The number of ketones is 1. The standard InChI is InChI=1S/C19H16F2N2O2/c1-11-8-14(13(3)23(11)19-9-12(2)25-22-19)4-7-18(24)16-6-5-15(20)10-17(16)21/h4-10H,1-3H3/b7-4+. The molecule has 0 unspecified atom stereocenters. The molecule has 3 aromatic rings. The highest BCUT2D eigenvalue weighted by Gasteiger charge is 2.13. The molecule has 0 N–H and O–H groups in total. The van der Waals surface area contributed by atoms with E-state index in [1.165, 1.54) is 6.08 Å². The molecule has 0 aliphatic carbocycles. The number of allylic oxidation sites excluding steroid dienone is 1. The lowest BCUT2D eigenvalue weighted by Crippen LogP contribution is -2.00. The average molecular weight is 342 g/mol. The monoisotopic (exact) mass is 342 g/mol. The Hall–Kier alpha value is -3.02. The maximum Gasteiger partial charge on any atom is 0.188 e. The highest BCUT2D eigenvalue weighted by Crippen LogP contribution is 2.22. The number of hydrogen-bond donors (Lipinski definition) is 0. The van der Waals surface area contributed by atoms with E-state index in [0.717, 1.165) is 29.1 Å². The third-order valence-electron chi connectivity index (χ3n) is 3.93. The van der Waals surface area contributed by atoms with Gasteiger partial charge in [0.05, 0.1) is 5.56 Å². The topological polar surface area (TPSA) is 48.0 Å². The van der Waals surface area contributed by atoms with E-state index in [1.807, 2.05) is 30.5 Å². The first-order valence-electron chi connectivity index (χ1n) is 7.67. The minimum atomic E-state index is -0.877. The van der Waals surface area contributed by atoms with Gasteiger partial charge in [0.15, 0.2) is 11.6 Å². The lowest BCUT2D eigenvalue weighted by atomic mass is 10.1. The van der Waals surface area contributed by atoms with Gasteiger partial charge < -0.3 is 4.52 Å². The molecule has 0 atom stereocenters. The fourth-order valence-corrected chi connectivity index (χ4v) is 2.71. The zero-order valence-corrected chi connectivity index (χ0v) is 14.0. The summed E-state index contributed by atoms with van der Waals surface area (Å²) in [5, 5.41) is 4.00. The van der Waals surface area contributed by atoms with Gasteiger partial charge in [-0.25, -0.2) is 8.78 Å². The van der Waals surface area contributed by atoms with Gasteiger partial charge in [-0.3, -0.25) is 9.36 Å². The second-order valence-corrected chi connectivity index (χ2v) is 5.78. The number of aromatic nitrogens is 2. The fourth-order valence-electron chi connectivity index (χ4n) is 2.71. The second-order valence-electron chi connectivity index (χ2n) is 5.78. The largest absolute Gasteiger partial charge is 0.360 e. The third kappa shape index (κ3) is 3.28. The summed E-state index contributed by atoms with van der Waals surface area (Å²) in [5.74, 6) is -0.771. The minimum Gasteiger partial charge on any atom is -0.360 e. The van der Waals surface area contributed by atoms with Gasteiger partial charge in [0.25, 0.3) is 0 Å². The van der Waals surface area contributed by atoms with Crippen molar-refractivity contribution >= 4 is 11.9 Å². The number of nitrogens with zero attached hydrogens (tertiary/aromatic N) is 2. The van der Waals surface area contributed by atoms with E-state index in [2.05, 4.69) is 5.16 Å². The maximum absolute atomic E-state index is 13.7. The van der Waals surface area contributed by atoms with Crippen LogP contribution in [0.5, 0.6) is 0 Å². The molecule has 4 nitrogen and oxygen atoms in total. The van der Waals surface area contributed by atoms with Gasteiger partial charge >= 0.3 is 0 Å². The second kappa shape index (κ2) is 6.47. The number of hydrogen-bond acceptors (Lipinski definition) is 3. The lowest BCUT2D eigenvalue weighted by Gasteiger charge is -2.04. The Kier molecular flexibility index (Phi) is 4.35. The van der Waals surface area contributed by atoms with E-state index in [4.69, 9.17) is 4.52 Å². The van der Waals surface area contributed by atoms with E-state index in [-0.39, 0.29) is 5.56 Å². The summed E-state index contributed by atoms with van der Waals surface area (Å²) in [4.78, 5) is 12.1. The summed E-state index contributed by atoms with van der Waals surface area (Å²) in [6.45, 7) is 5.61. The van der Waals surface area contributed by atoms with E-state index in [0.29, 0.717) is 17.6 Å². The number of carbonyl (C=O) groups is 1. The maximum atomic E-state index is 13.7. The molecule has 0 saturated heterocycles. The van der Waals surface area contributed by atoms with Gasteiger partial charge in [-0.05, 0) is 56.7 Å². The van der Waals surface area contributed by atoms with Gasteiger partial charge in [-0.15, -0.1) is 0 Å². The fraction of sp³-hybridized carbons (Fsp3) is 0.158. The highest BCUT2D eigenvalue weighted by molar-refractivity contribution is 6.07. The van der Waals surface area contributed by atoms with Crippen molar-refractivity contribution in [2.75, 3.05) is 0 Å². The number of carbonyl (C=O) groups excluding carboxylic acids is 1. The van der Waals surface area contributed by atoms with Crippen LogP contribution in [-0.4, -0.2) is 15.5 Å². The molecule has 3 rings (SSSR count). The molecule has 2 heterocycles. The molecule has 0 saturated carbocycles. The van der Waals surface area contributed by atoms with Crippen LogP contribution in [0, 0.1) is 32.4 Å². The molecule has 25 heavy (non-hydrogen) atoms. The molecule has 0 bridgehead atoms. The molecule has 0 radical (unpaired) electrons. The van der Waals surface area contributed by atoms with Crippen molar-refractivity contribution in [3.8, 4) is 5.82 Å². The van der Waals surface area contributed by atoms with Crippen molar-refractivity contribution in [3.05, 3.63) is 76.3 Å². The zero-order chi connectivity index (χ0) is 18.1. The van der Waals surface area contributed by atoms with Crippen LogP contribution in [0.4, 0.5) is 8.78 Å². The van der Waals surface area contributed by atoms with Crippen LogP contribution in [0.3, 0.4) is 0 Å². The van der Waals surface area contributed by atoms with Gasteiger partial charge in [-0.1, -0.05) is 5.16 Å². The molecule has 128 valence electrons. The summed E-state index contributed by atoms with van der Waals surface area (Å²) < 4.78 is 33.6. The van der Waals surface area contributed by atoms with E-state index >= 15 is 0 Å². The summed E-state index contributed by atoms with van der Waals surface area (Å²) in [6.07, 6.45) is 2.88. The quantitative estimate of drug-likeness (QED) is 0.516. The molecule has 1 aromatic carbocycles. The molecule has 0 amide bonds. The zero-order valence-electron chi connectivity index (χ0n) is 14.0. The molecule has 6 heteroatoms.